The van der Waals surface area contributed by atoms with Crippen molar-refractivity contribution in [2.45, 2.75) is 18.6 Å². The van der Waals surface area contributed by atoms with Crippen LogP contribution in [0.15, 0.2) is 36.4 Å². The van der Waals surface area contributed by atoms with E-state index in [1.165, 1.54) is 26.2 Å². The summed E-state index contributed by atoms with van der Waals surface area (Å²) >= 11 is 0. The molecule has 0 saturated carbocycles. The van der Waals surface area contributed by atoms with Crippen LogP contribution in [0.1, 0.15) is 17.3 Å². The van der Waals surface area contributed by atoms with Crippen LogP contribution in [0, 0.1) is 11.8 Å². The molecule has 2 fully saturated rings. The van der Waals surface area contributed by atoms with E-state index in [0.717, 1.165) is 4.90 Å². The predicted molar refractivity (Wildman–Crippen MR) is 90.6 cm³/mol. The van der Waals surface area contributed by atoms with Crippen molar-refractivity contribution in [3.8, 4) is 0 Å². The van der Waals surface area contributed by atoms with Gasteiger partial charge in [-0.25, -0.2) is 9.69 Å². The monoisotopic (exact) mass is 371 g/mol. The van der Waals surface area contributed by atoms with Crippen molar-refractivity contribution in [3.63, 3.8) is 0 Å². The first-order valence-corrected chi connectivity index (χ1v) is 8.45. The second-order valence-corrected chi connectivity index (χ2v) is 6.73. The highest BCUT2D eigenvalue weighted by Crippen LogP contribution is 2.52. The lowest BCUT2D eigenvalue weighted by Gasteiger charge is -2.28. The summed E-state index contributed by atoms with van der Waals surface area (Å²) in [6.07, 6.45) is 2.88. The number of anilines is 1. The number of esters is 2. The number of hydrogen-bond acceptors (Lipinski definition) is 7. The van der Waals surface area contributed by atoms with Crippen LogP contribution in [0.25, 0.3) is 0 Å². The summed E-state index contributed by atoms with van der Waals surface area (Å²) in [6, 6.07) is 6.14. The van der Waals surface area contributed by atoms with Gasteiger partial charge in [-0.05, 0) is 24.3 Å². The molecule has 2 saturated heterocycles. The summed E-state index contributed by atoms with van der Waals surface area (Å²) in [5.41, 5.74) is -0.605. The van der Waals surface area contributed by atoms with Gasteiger partial charge in [0.05, 0.1) is 36.3 Å². The fourth-order valence-electron chi connectivity index (χ4n) is 4.03. The Kier molecular flexibility index (Phi) is 3.88. The lowest BCUT2D eigenvalue weighted by Crippen LogP contribution is -2.44. The van der Waals surface area contributed by atoms with Crippen molar-refractivity contribution >= 4 is 29.4 Å². The van der Waals surface area contributed by atoms with E-state index in [0.29, 0.717) is 5.69 Å². The number of hydrogen-bond donors (Lipinski definition) is 0. The van der Waals surface area contributed by atoms with Crippen LogP contribution in [-0.2, 0) is 28.6 Å². The summed E-state index contributed by atoms with van der Waals surface area (Å²) in [7, 11) is 1.25. The van der Waals surface area contributed by atoms with Gasteiger partial charge in [-0.15, -0.1) is 0 Å². The van der Waals surface area contributed by atoms with Gasteiger partial charge >= 0.3 is 11.9 Å². The molecule has 2 amide bonds. The quantitative estimate of drug-likeness (QED) is 0.439. The SMILES string of the molecule is COC(=O)c1cccc(N2C(=O)[C@H]3[C@H]4C=C[C@@](COC(C)=O)(O4)[C@H]3C2=O)c1. The van der Waals surface area contributed by atoms with Gasteiger partial charge in [0, 0.05) is 6.92 Å². The Labute approximate surface area is 154 Å². The van der Waals surface area contributed by atoms with E-state index >= 15 is 0 Å². The average molecular weight is 371 g/mol. The van der Waals surface area contributed by atoms with Crippen LogP contribution in [0.2, 0.25) is 0 Å². The summed E-state index contributed by atoms with van der Waals surface area (Å²) in [4.78, 5) is 50.2. The van der Waals surface area contributed by atoms with E-state index in [4.69, 9.17) is 14.2 Å². The van der Waals surface area contributed by atoms with Crippen LogP contribution in [0.4, 0.5) is 5.69 Å². The normalized spacial score (nSPS) is 30.6. The molecule has 3 heterocycles. The first-order chi connectivity index (χ1) is 12.9. The highest BCUT2D eigenvalue weighted by atomic mass is 16.6. The van der Waals surface area contributed by atoms with Gasteiger partial charge in [0.25, 0.3) is 0 Å². The standard InChI is InChI=1S/C19H17NO7/c1-10(21)26-9-19-7-6-13(27-19)14-15(19)17(23)20(16(14)22)12-5-3-4-11(8-12)18(24)25-2/h3-8,13-15H,9H2,1-2H3/t13-,14+,15-,19+/m1/s1. The summed E-state index contributed by atoms with van der Waals surface area (Å²) in [5.74, 6) is -3.35. The van der Waals surface area contributed by atoms with Crippen molar-refractivity contribution in [1.29, 1.82) is 0 Å². The average Bonchev–Trinajstić information content (AvgIpc) is 3.30. The Morgan fingerprint density at radius 3 is 2.74 bits per heavy atom. The molecule has 0 N–H and O–H groups in total. The highest BCUT2D eigenvalue weighted by molar-refractivity contribution is 6.23. The fourth-order valence-corrected chi connectivity index (χ4v) is 4.03. The zero-order valence-corrected chi connectivity index (χ0v) is 14.7. The number of carbonyl (C=O) groups excluding carboxylic acids is 4. The fraction of sp³-hybridized carbons (Fsp3) is 0.368. The molecule has 8 nitrogen and oxygen atoms in total. The molecule has 8 heteroatoms. The zero-order valence-electron chi connectivity index (χ0n) is 14.7. The Hall–Kier alpha value is -3.00. The van der Waals surface area contributed by atoms with E-state index in [-0.39, 0.29) is 12.2 Å². The largest absolute Gasteiger partial charge is 0.465 e. The third kappa shape index (κ3) is 2.48. The Morgan fingerprint density at radius 2 is 2.04 bits per heavy atom. The number of methoxy groups -OCH3 is 1. The third-order valence-corrected chi connectivity index (χ3v) is 5.18. The molecule has 27 heavy (non-hydrogen) atoms. The Bertz CT molecular complexity index is 892. The van der Waals surface area contributed by atoms with Crippen LogP contribution in [0.3, 0.4) is 0 Å². The maximum Gasteiger partial charge on any atom is 0.337 e. The molecular formula is C19H17NO7. The molecule has 3 aliphatic rings. The van der Waals surface area contributed by atoms with E-state index < -0.39 is 47.3 Å². The highest BCUT2D eigenvalue weighted by Gasteiger charge is 2.68. The van der Waals surface area contributed by atoms with E-state index in [1.54, 1.807) is 24.3 Å². The molecule has 4 atom stereocenters. The Morgan fingerprint density at radius 1 is 1.26 bits per heavy atom. The number of ether oxygens (including phenoxy) is 3. The van der Waals surface area contributed by atoms with Crippen molar-refractivity contribution < 1.29 is 33.4 Å². The summed E-state index contributed by atoms with van der Waals surface area (Å²) in [5, 5.41) is 0. The molecule has 0 unspecified atom stereocenters. The van der Waals surface area contributed by atoms with E-state index in [9.17, 15) is 19.2 Å². The molecule has 1 aromatic rings. The first-order valence-electron chi connectivity index (χ1n) is 8.45. The smallest absolute Gasteiger partial charge is 0.337 e. The molecule has 0 spiro atoms. The number of fused-ring (bicyclic) bond motifs is 5. The minimum atomic E-state index is -1.14. The van der Waals surface area contributed by atoms with Crippen LogP contribution < -0.4 is 4.90 Å². The second-order valence-electron chi connectivity index (χ2n) is 6.73. The molecular weight excluding hydrogens is 354 g/mol. The van der Waals surface area contributed by atoms with E-state index in [1.807, 2.05) is 0 Å². The van der Waals surface area contributed by atoms with Gasteiger partial charge < -0.3 is 14.2 Å². The lowest BCUT2D eigenvalue weighted by molar-refractivity contribution is -0.150. The number of rotatable bonds is 4. The van der Waals surface area contributed by atoms with E-state index in [2.05, 4.69) is 0 Å². The number of imide groups is 1. The Balaban J connectivity index is 1.68. The van der Waals surface area contributed by atoms with Gasteiger partial charge in [-0.3, -0.25) is 14.4 Å². The van der Waals surface area contributed by atoms with Crippen molar-refractivity contribution in [3.05, 3.63) is 42.0 Å². The third-order valence-electron chi connectivity index (χ3n) is 5.18. The topological polar surface area (TPSA) is 99.2 Å². The number of amides is 2. The van der Waals surface area contributed by atoms with Gasteiger partial charge in [0.1, 0.15) is 12.2 Å². The molecule has 2 bridgehead atoms. The lowest BCUT2D eigenvalue weighted by atomic mass is 9.77. The van der Waals surface area contributed by atoms with Gasteiger partial charge in [-0.2, -0.15) is 0 Å². The number of benzene rings is 1. The number of nitrogens with zero attached hydrogens (tertiary/aromatic N) is 1. The minimum Gasteiger partial charge on any atom is -0.465 e. The van der Waals surface area contributed by atoms with Crippen molar-refractivity contribution in [1.82, 2.24) is 0 Å². The predicted octanol–water partition coefficient (Wildman–Crippen LogP) is 0.849. The second kappa shape index (κ2) is 6.02. The van der Waals surface area contributed by atoms with Crippen LogP contribution >= 0.6 is 0 Å². The first kappa shape index (κ1) is 17.4. The van der Waals surface area contributed by atoms with Crippen molar-refractivity contribution in [2.24, 2.45) is 11.8 Å². The van der Waals surface area contributed by atoms with Gasteiger partial charge in [0.2, 0.25) is 11.8 Å². The minimum absolute atomic E-state index is 0.133. The van der Waals surface area contributed by atoms with Gasteiger partial charge in [0.15, 0.2) is 0 Å². The van der Waals surface area contributed by atoms with Gasteiger partial charge in [-0.1, -0.05) is 12.1 Å². The molecule has 3 aliphatic heterocycles. The summed E-state index contributed by atoms with van der Waals surface area (Å²) in [6.45, 7) is 1.14. The summed E-state index contributed by atoms with van der Waals surface area (Å²) < 4.78 is 15.6. The maximum atomic E-state index is 13.1. The maximum absolute atomic E-state index is 13.1. The molecule has 0 radical (unpaired) electrons. The molecule has 0 aromatic heterocycles. The molecule has 4 rings (SSSR count). The van der Waals surface area contributed by atoms with Crippen molar-refractivity contribution in [2.75, 3.05) is 18.6 Å². The molecule has 140 valence electrons. The van der Waals surface area contributed by atoms with Crippen LogP contribution in [-0.4, -0.2) is 49.2 Å². The molecule has 1 aromatic carbocycles. The van der Waals surface area contributed by atoms with Crippen LogP contribution in [0.5, 0.6) is 0 Å². The molecule has 0 aliphatic carbocycles. The zero-order chi connectivity index (χ0) is 19.3. The number of carbonyl (C=O) groups is 4.